The number of aromatic amines is 1. The third-order valence-corrected chi connectivity index (χ3v) is 6.44. The Bertz CT molecular complexity index is 1400. The minimum Gasteiger partial charge on any atom is -0.508 e. The van der Waals surface area contributed by atoms with Crippen LogP contribution in [0, 0.1) is 0 Å². The van der Waals surface area contributed by atoms with Crippen LogP contribution < -0.4 is 15.4 Å². The molecule has 0 atom stereocenters. The summed E-state index contributed by atoms with van der Waals surface area (Å²) in [6, 6.07) is 15.8. The highest BCUT2D eigenvalue weighted by Gasteiger charge is 2.30. The summed E-state index contributed by atoms with van der Waals surface area (Å²) < 4.78 is 5.38. The summed E-state index contributed by atoms with van der Waals surface area (Å²) in [5, 5.41) is 17.7. The number of benzene rings is 2. The third kappa shape index (κ3) is 4.06. The predicted octanol–water partition coefficient (Wildman–Crippen LogP) is 5.13. The van der Waals surface area contributed by atoms with E-state index in [1.54, 1.807) is 61.8 Å². The minimum atomic E-state index is -0.256. The van der Waals surface area contributed by atoms with Crippen LogP contribution in [0.5, 0.6) is 11.5 Å². The molecule has 1 aliphatic rings. The molecule has 0 fully saturated rings. The number of hydrogen-bond acceptors (Lipinski definition) is 5. The molecule has 3 heterocycles. The number of ether oxygens (including phenoxy) is 1. The SMILES string of the molecule is COc1cc[nH]c1C=C1C(=O)Nc2ccc(NC(=O)Cc3cccs3)c(-c3ccc(O)cc3)c21. The lowest BCUT2D eigenvalue weighted by Gasteiger charge is -2.16. The van der Waals surface area contributed by atoms with Gasteiger partial charge in [0.15, 0.2) is 0 Å². The fraction of sp³-hybridized carbons (Fsp3) is 0.0769. The molecule has 170 valence electrons. The van der Waals surface area contributed by atoms with E-state index in [0.29, 0.717) is 39.5 Å². The first-order valence-electron chi connectivity index (χ1n) is 10.6. The summed E-state index contributed by atoms with van der Waals surface area (Å²) in [4.78, 5) is 29.9. The van der Waals surface area contributed by atoms with Gasteiger partial charge in [-0.25, -0.2) is 0 Å². The first kappa shape index (κ1) is 21.5. The molecule has 0 spiro atoms. The molecular weight excluding hydrogens is 450 g/mol. The Balaban J connectivity index is 1.64. The standard InChI is InChI=1S/C26H21N3O4S/c1-33-22-10-11-27-21(22)14-18-25-20(29-26(18)32)9-8-19(24(25)15-4-6-16(30)7-5-15)28-23(31)13-17-3-2-12-34-17/h2-12,14,27,30H,13H2,1H3,(H,28,31)(H,29,32). The van der Waals surface area contributed by atoms with Gasteiger partial charge in [0, 0.05) is 33.6 Å². The van der Waals surface area contributed by atoms with Gasteiger partial charge in [0.05, 0.1) is 24.8 Å². The zero-order valence-corrected chi connectivity index (χ0v) is 19.0. The molecule has 4 aromatic rings. The normalized spacial score (nSPS) is 13.6. The molecule has 0 aliphatic carbocycles. The largest absolute Gasteiger partial charge is 0.508 e. The summed E-state index contributed by atoms with van der Waals surface area (Å²) in [5.74, 6) is 0.325. The van der Waals surface area contributed by atoms with Crippen LogP contribution in [0.2, 0.25) is 0 Å². The lowest BCUT2D eigenvalue weighted by molar-refractivity contribution is -0.115. The van der Waals surface area contributed by atoms with E-state index in [9.17, 15) is 14.7 Å². The maximum Gasteiger partial charge on any atom is 0.256 e. The number of phenolic OH excluding ortho intramolecular Hbond substituents is 1. The van der Waals surface area contributed by atoms with Gasteiger partial charge in [-0.2, -0.15) is 0 Å². The van der Waals surface area contributed by atoms with E-state index in [0.717, 1.165) is 10.4 Å². The Morgan fingerprint density at radius 2 is 1.94 bits per heavy atom. The molecule has 0 bridgehead atoms. The van der Waals surface area contributed by atoms with Gasteiger partial charge < -0.3 is 25.5 Å². The van der Waals surface area contributed by atoms with E-state index in [1.807, 2.05) is 17.5 Å². The number of phenols is 1. The van der Waals surface area contributed by atoms with Gasteiger partial charge in [-0.05, 0) is 53.4 Å². The maximum atomic E-state index is 13.0. The molecule has 2 aromatic carbocycles. The first-order chi connectivity index (χ1) is 16.5. The highest BCUT2D eigenvalue weighted by Crippen LogP contribution is 2.45. The van der Waals surface area contributed by atoms with E-state index in [4.69, 9.17) is 4.74 Å². The number of carbonyl (C=O) groups is 2. The number of anilines is 2. The van der Waals surface area contributed by atoms with E-state index in [-0.39, 0.29) is 24.0 Å². The second kappa shape index (κ2) is 8.92. The number of nitrogens with one attached hydrogen (secondary N) is 3. The minimum absolute atomic E-state index is 0.126. The quantitative estimate of drug-likeness (QED) is 0.293. The van der Waals surface area contributed by atoms with Crippen molar-refractivity contribution in [1.82, 2.24) is 4.98 Å². The molecule has 0 unspecified atom stereocenters. The highest BCUT2D eigenvalue weighted by molar-refractivity contribution is 7.10. The van der Waals surface area contributed by atoms with E-state index in [2.05, 4.69) is 15.6 Å². The van der Waals surface area contributed by atoms with Crippen molar-refractivity contribution < 1.29 is 19.4 Å². The van der Waals surface area contributed by atoms with Gasteiger partial charge in [0.1, 0.15) is 11.5 Å². The molecule has 0 saturated carbocycles. The maximum absolute atomic E-state index is 13.0. The number of methoxy groups -OCH3 is 1. The first-order valence-corrected chi connectivity index (χ1v) is 11.4. The van der Waals surface area contributed by atoms with E-state index >= 15 is 0 Å². The van der Waals surface area contributed by atoms with Crippen molar-refractivity contribution in [3.8, 4) is 22.6 Å². The summed E-state index contributed by atoms with van der Waals surface area (Å²) in [6.45, 7) is 0. The molecule has 2 amide bonds. The second-order valence-electron chi connectivity index (χ2n) is 7.73. The molecule has 0 radical (unpaired) electrons. The topological polar surface area (TPSA) is 103 Å². The van der Waals surface area contributed by atoms with Crippen molar-refractivity contribution in [2.45, 2.75) is 6.42 Å². The van der Waals surface area contributed by atoms with Crippen molar-refractivity contribution >= 4 is 46.2 Å². The van der Waals surface area contributed by atoms with Crippen LogP contribution in [0.4, 0.5) is 11.4 Å². The average Bonchev–Trinajstić information content (AvgIpc) is 3.56. The third-order valence-electron chi connectivity index (χ3n) is 5.56. The second-order valence-corrected chi connectivity index (χ2v) is 8.77. The monoisotopic (exact) mass is 471 g/mol. The Kier molecular flexibility index (Phi) is 5.65. The van der Waals surface area contributed by atoms with Crippen LogP contribution in [0.3, 0.4) is 0 Å². The zero-order chi connectivity index (χ0) is 23.7. The predicted molar refractivity (Wildman–Crippen MR) is 134 cm³/mol. The fourth-order valence-electron chi connectivity index (χ4n) is 4.03. The van der Waals surface area contributed by atoms with Crippen molar-refractivity contribution in [1.29, 1.82) is 0 Å². The van der Waals surface area contributed by atoms with Crippen LogP contribution in [-0.4, -0.2) is 29.0 Å². The molecule has 0 saturated heterocycles. The summed E-state index contributed by atoms with van der Waals surface area (Å²) >= 11 is 1.52. The van der Waals surface area contributed by atoms with Gasteiger partial charge in [-0.3, -0.25) is 9.59 Å². The number of H-pyrrole nitrogens is 1. The Morgan fingerprint density at radius 1 is 1.12 bits per heavy atom. The number of aromatic hydroxyl groups is 1. The van der Waals surface area contributed by atoms with Crippen molar-refractivity contribution in [2.24, 2.45) is 0 Å². The molecule has 2 aromatic heterocycles. The van der Waals surface area contributed by atoms with Crippen LogP contribution in [0.25, 0.3) is 22.8 Å². The fourth-order valence-corrected chi connectivity index (χ4v) is 4.73. The molecule has 7 nitrogen and oxygen atoms in total. The molecule has 5 rings (SSSR count). The van der Waals surface area contributed by atoms with Crippen molar-refractivity contribution in [2.75, 3.05) is 17.7 Å². The molecule has 4 N–H and O–H groups in total. The Labute approximate surface area is 199 Å². The lowest BCUT2D eigenvalue weighted by Crippen LogP contribution is -2.14. The number of hydrogen-bond donors (Lipinski definition) is 4. The van der Waals surface area contributed by atoms with Crippen molar-refractivity contribution in [3.05, 3.63) is 82.3 Å². The number of thiophene rings is 1. The molecular formula is C26H21N3O4S. The number of rotatable bonds is 6. The highest BCUT2D eigenvalue weighted by atomic mass is 32.1. The van der Waals surface area contributed by atoms with E-state index in [1.165, 1.54) is 11.3 Å². The summed E-state index contributed by atoms with van der Waals surface area (Å²) in [7, 11) is 1.57. The zero-order valence-electron chi connectivity index (χ0n) is 18.2. The van der Waals surface area contributed by atoms with E-state index < -0.39 is 0 Å². The molecule has 34 heavy (non-hydrogen) atoms. The summed E-state index contributed by atoms with van der Waals surface area (Å²) in [5.41, 5.74) is 4.42. The van der Waals surface area contributed by atoms with Crippen molar-refractivity contribution in [3.63, 3.8) is 0 Å². The van der Waals surface area contributed by atoms with Crippen LogP contribution in [0.1, 0.15) is 16.1 Å². The summed E-state index contributed by atoms with van der Waals surface area (Å²) in [6.07, 6.45) is 3.73. The van der Waals surface area contributed by atoms with Crippen LogP contribution in [0.15, 0.2) is 66.2 Å². The number of fused-ring (bicyclic) bond motifs is 1. The molecule has 1 aliphatic heterocycles. The molecule has 8 heteroatoms. The number of carbonyl (C=O) groups excluding carboxylic acids is 2. The van der Waals surface area contributed by atoms with Crippen LogP contribution >= 0.6 is 11.3 Å². The van der Waals surface area contributed by atoms with Crippen LogP contribution in [-0.2, 0) is 16.0 Å². The van der Waals surface area contributed by atoms with Gasteiger partial charge >= 0.3 is 0 Å². The smallest absolute Gasteiger partial charge is 0.256 e. The Hall–Kier alpha value is -4.30. The van der Waals surface area contributed by atoms with Gasteiger partial charge in [0.25, 0.3) is 5.91 Å². The average molecular weight is 472 g/mol. The van der Waals surface area contributed by atoms with Gasteiger partial charge in [-0.15, -0.1) is 11.3 Å². The van der Waals surface area contributed by atoms with Gasteiger partial charge in [0.2, 0.25) is 5.91 Å². The number of aromatic nitrogens is 1. The van der Waals surface area contributed by atoms with Gasteiger partial charge in [-0.1, -0.05) is 18.2 Å². The lowest BCUT2D eigenvalue weighted by atomic mass is 9.92. The number of amides is 2. The Morgan fingerprint density at radius 3 is 2.68 bits per heavy atom.